The molecule has 0 atom stereocenters. The summed E-state index contributed by atoms with van der Waals surface area (Å²) < 4.78 is 0. The second-order valence-corrected chi connectivity index (χ2v) is 5.97. The van der Waals surface area contributed by atoms with Gasteiger partial charge in [-0.25, -0.2) is 4.98 Å². The van der Waals surface area contributed by atoms with Crippen LogP contribution in [0.2, 0.25) is 5.15 Å². The number of pyridine rings is 2. The van der Waals surface area contributed by atoms with Crippen molar-refractivity contribution in [2.75, 3.05) is 13.6 Å². The van der Waals surface area contributed by atoms with Gasteiger partial charge in [0, 0.05) is 37.9 Å². The van der Waals surface area contributed by atoms with Gasteiger partial charge in [-0.2, -0.15) is 0 Å². The smallest absolute Gasteiger partial charge is 0.191 e. The van der Waals surface area contributed by atoms with Gasteiger partial charge in [0.25, 0.3) is 0 Å². The van der Waals surface area contributed by atoms with Crippen LogP contribution in [0.3, 0.4) is 0 Å². The van der Waals surface area contributed by atoms with Crippen LogP contribution >= 0.6 is 11.6 Å². The molecule has 128 valence electrons. The number of benzene rings is 1. The van der Waals surface area contributed by atoms with E-state index >= 15 is 0 Å². The summed E-state index contributed by atoms with van der Waals surface area (Å²) in [6.45, 7) is 1.45. The Bertz CT molecular complexity index is 856. The van der Waals surface area contributed by atoms with Crippen LogP contribution in [0.5, 0.6) is 0 Å². The molecule has 0 spiro atoms. The second kappa shape index (κ2) is 8.44. The first-order valence-corrected chi connectivity index (χ1v) is 8.51. The molecule has 3 rings (SSSR count). The van der Waals surface area contributed by atoms with E-state index in [2.05, 4.69) is 31.7 Å². The van der Waals surface area contributed by atoms with E-state index in [1.165, 1.54) is 5.56 Å². The molecule has 0 aliphatic carbocycles. The summed E-state index contributed by atoms with van der Waals surface area (Å²) in [7, 11) is 1.77. The summed E-state index contributed by atoms with van der Waals surface area (Å²) in [5.74, 6) is 0.766. The first kappa shape index (κ1) is 17.2. The largest absolute Gasteiger partial charge is 0.356 e. The zero-order valence-corrected chi connectivity index (χ0v) is 14.8. The minimum absolute atomic E-state index is 0.513. The van der Waals surface area contributed by atoms with Gasteiger partial charge < -0.3 is 10.6 Å². The number of hydrogen-bond donors (Lipinski definition) is 2. The van der Waals surface area contributed by atoms with E-state index in [0.717, 1.165) is 35.4 Å². The van der Waals surface area contributed by atoms with Crippen molar-refractivity contribution in [3.8, 4) is 0 Å². The Balaban J connectivity index is 1.54. The lowest BCUT2D eigenvalue weighted by Gasteiger charge is -2.13. The Morgan fingerprint density at radius 2 is 1.96 bits per heavy atom. The monoisotopic (exact) mass is 353 g/mol. The standard InChI is InChI=1S/C19H20ClN5/c1-21-19(23-10-8-14-6-7-18(20)24-12-14)25-13-15-9-11-22-17-5-3-2-4-16(15)17/h2-7,9,11-12H,8,10,13H2,1H3,(H2,21,23,25). The molecular weight excluding hydrogens is 334 g/mol. The highest BCUT2D eigenvalue weighted by atomic mass is 35.5. The van der Waals surface area contributed by atoms with Crippen molar-refractivity contribution in [3.63, 3.8) is 0 Å². The average Bonchev–Trinajstić information content (AvgIpc) is 2.66. The third-order valence-electron chi connectivity index (χ3n) is 3.90. The van der Waals surface area contributed by atoms with Crippen molar-refractivity contribution < 1.29 is 0 Å². The van der Waals surface area contributed by atoms with Crippen LogP contribution in [-0.4, -0.2) is 29.5 Å². The molecule has 0 amide bonds. The van der Waals surface area contributed by atoms with Crippen LogP contribution in [0.1, 0.15) is 11.1 Å². The molecule has 0 bridgehead atoms. The van der Waals surface area contributed by atoms with Crippen molar-refractivity contribution in [2.45, 2.75) is 13.0 Å². The van der Waals surface area contributed by atoms with Gasteiger partial charge in [-0.3, -0.25) is 9.98 Å². The highest BCUT2D eigenvalue weighted by Crippen LogP contribution is 2.15. The van der Waals surface area contributed by atoms with E-state index in [1.54, 1.807) is 19.3 Å². The molecule has 6 heteroatoms. The predicted octanol–water partition coefficient (Wildman–Crippen LogP) is 3.19. The summed E-state index contributed by atoms with van der Waals surface area (Å²) in [4.78, 5) is 12.7. The fraction of sp³-hybridized carbons (Fsp3) is 0.211. The van der Waals surface area contributed by atoms with Gasteiger partial charge in [0.1, 0.15) is 5.15 Å². The molecule has 2 N–H and O–H groups in total. The highest BCUT2D eigenvalue weighted by Gasteiger charge is 2.03. The Morgan fingerprint density at radius 1 is 1.08 bits per heavy atom. The van der Waals surface area contributed by atoms with Gasteiger partial charge in [-0.1, -0.05) is 35.9 Å². The maximum atomic E-state index is 5.80. The average molecular weight is 354 g/mol. The lowest BCUT2D eigenvalue weighted by atomic mass is 10.1. The number of nitrogens with one attached hydrogen (secondary N) is 2. The number of nitrogens with zero attached hydrogens (tertiary/aromatic N) is 3. The molecule has 0 radical (unpaired) electrons. The second-order valence-electron chi connectivity index (χ2n) is 5.58. The summed E-state index contributed by atoms with van der Waals surface area (Å²) in [5.41, 5.74) is 3.32. The molecule has 3 aromatic rings. The third kappa shape index (κ3) is 4.67. The first-order valence-electron chi connectivity index (χ1n) is 8.14. The first-order chi connectivity index (χ1) is 12.3. The summed E-state index contributed by atoms with van der Waals surface area (Å²) >= 11 is 5.80. The number of guanidine groups is 1. The SMILES string of the molecule is CN=C(NCCc1ccc(Cl)nc1)NCc1ccnc2ccccc12. The molecule has 5 nitrogen and oxygen atoms in total. The molecule has 0 saturated heterocycles. The highest BCUT2D eigenvalue weighted by molar-refractivity contribution is 6.29. The lowest BCUT2D eigenvalue weighted by molar-refractivity contribution is 0.795. The number of rotatable bonds is 5. The molecule has 0 aliphatic heterocycles. The van der Waals surface area contributed by atoms with Crippen molar-refractivity contribution in [1.29, 1.82) is 0 Å². The van der Waals surface area contributed by atoms with E-state index in [9.17, 15) is 0 Å². The van der Waals surface area contributed by atoms with Crippen molar-refractivity contribution in [3.05, 3.63) is 71.1 Å². The molecule has 0 aliphatic rings. The summed E-state index contributed by atoms with van der Waals surface area (Å²) in [5, 5.41) is 8.33. The minimum Gasteiger partial charge on any atom is -0.356 e. The Kier molecular flexibility index (Phi) is 5.80. The van der Waals surface area contributed by atoms with E-state index in [0.29, 0.717) is 11.7 Å². The third-order valence-corrected chi connectivity index (χ3v) is 4.13. The van der Waals surface area contributed by atoms with Crippen molar-refractivity contribution >= 4 is 28.5 Å². The van der Waals surface area contributed by atoms with Crippen molar-refractivity contribution in [2.24, 2.45) is 4.99 Å². The Labute approximate surface area is 152 Å². The fourth-order valence-electron chi connectivity index (χ4n) is 2.59. The lowest BCUT2D eigenvalue weighted by Crippen LogP contribution is -2.37. The zero-order valence-electron chi connectivity index (χ0n) is 14.0. The number of para-hydroxylation sites is 1. The van der Waals surface area contributed by atoms with E-state index in [1.807, 2.05) is 36.5 Å². The van der Waals surface area contributed by atoms with Gasteiger partial charge in [0.2, 0.25) is 0 Å². The number of halogens is 1. The molecule has 0 unspecified atom stereocenters. The molecular formula is C19H20ClN5. The predicted molar refractivity (Wildman–Crippen MR) is 103 cm³/mol. The molecule has 0 fully saturated rings. The maximum absolute atomic E-state index is 5.80. The normalized spacial score (nSPS) is 11.5. The van der Waals surface area contributed by atoms with E-state index < -0.39 is 0 Å². The Morgan fingerprint density at radius 3 is 2.76 bits per heavy atom. The van der Waals surface area contributed by atoms with Gasteiger partial charge in [-0.15, -0.1) is 0 Å². The van der Waals surface area contributed by atoms with Gasteiger partial charge in [0.05, 0.1) is 5.52 Å². The molecule has 2 aromatic heterocycles. The van der Waals surface area contributed by atoms with Crippen LogP contribution in [-0.2, 0) is 13.0 Å². The summed E-state index contributed by atoms with van der Waals surface area (Å²) in [6.07, 6.45) is 4.48. The minimum atomic E-state index is 0.513. The van der Waals surface area contributed by atoms with Crippen LogP contribution in [0.25, 0.3) is 10.9 Å². The molecule has 1 aromatic carbocycles. The van der Waals surface area contributed by atoms with Crippen molar-refractivity contribution in [1.82, 2.24) is 20.6 Å². The number of hydrogen-bond acceptors (Lipinski definition) is 3. The number of aliphatic imine (C=N–C) groups is 1. The van der Waals surface area contributed by atoms with Gasteiger partial charge in [-0.05, 0) is 35.7 Å². The quantitative estimate of drug-likeness (QED) is 0.420. The van der Waals surface area contributed by atoms with E-state index in [4.69, 9.17) is 11.6 Å². The number of fused-ring (bicyclic) bond motifs is 1. The van der Waals surface area contributed by atoms with Gasteiger partial charge in [0.15, 0.2) is 5.96 Å². The molecule has 2 heterocycles. The maximum Gasteiger partial charge on any atom is 0.191 e. The fourth-order valence-corrected chi connectivity index (χ4v) is 2.70. The van der Waals surface area contributed by atoms with Gasteiger partial charge >= 0.3 is 0 Å². The Hall–Kier alpha value is -2.66. The van der Waals surface area contributed by atoms with E-state index in [-0.39, 0.29) is 0 Å². The van der Waals surface area contributed by atoms with Crippen LogP contribution in [0.15, 0.2) is 59.9 Å². The summed E-state index contributed by atoms with van der Waals surface area (Å²) in [6, 6.07) is 13.9. The van der Waals surface area contributed by atoms with Crippen LogP contribution < -0.4 is 10.6 Å². The topological polar surface area (TPSA) is 62.2 Å². The number of aromatic nitrogens is 2. The van der Waals surface area contributed by atoms with Crippen LogP contribution in [0, 0.1) is 0 Å². The zero-order chi connectivity index (χ0) is 17.5. The van der Waals surface area contributed by atoms with Crippen LogP contribution in [0.4, 0.5) is 0 Å². The molecule has 0 saturated carbocycles. The molecule has 25 heavy (non-hydrogen) atoms.